The van der Waals surface area contributed by atoms with Crippen LogP contribution in [0.2, 0.25) is 0 Å². The maximum absolute atomic E-state index is 11.0. The van der Waals surface area contributed by atoms with E-state index in [0.29, 0.717) is 18.5 Å². The predicted molar refractivity (Wildman–Crippen MR) is 62.5 cm³/mol. The Morgan fingerprint density at radius 3 is 2.82 bits per heavy atom. The number of para-hydroxylation sites is 1. The van der Waals surface area contributed by atoms with Crippen LogP contribution in [0, 0.1) is 11.3 Å². The van der Waals surface area contributed by atoms with Gasteiger partial charge in [0, 0.05) is 13.1 Å². The first-order valence-electron chi connectivity index (χ1n) is 5.33. The second-order valence-electron chi connectivity index (χ2n) is 4.26. The van der Waals surface area contributed by atoms with Gasteiger partial charge < -0.3 is 15.7 Å². The zero-order valence-corrected chi connectivity index (χ0v) is 9.26. The van der Waals surface area contributed by atoms with E-state index in [-0.39, 0.29) is 6.54 Å². The summed E-state index contributed by atoms with van der Waals surface area (Å²) in [6, 6.07) is 9.24. The van der Waals surface area contributed by atoms with Gasteiger partial charge in [-0.15, -0.1) is 0 Å². The van der Waals surface area contributed by atoms with Gasteiger partial charge in [-0.05, 0) is 18.6 Å². The Morgan fingerprint density at radius 1 is 1.53 bits per heavy atom. The number of carbonyl (C=O) groups is 1. The molecule has 1 aliphatic rings. The maximum atomic E-state index is 11.0. The summed E-state index contributed by atoms with van der Waals surface area (Å²) in [4.78, 5) is 12.9. The molecule has 0 amide bonds. The summed E-state index contributed by atoms with van der Waals surface area (Å²) < 4.78 is 0. The molecule has 5 heteroatoms. The molecular formula is C12H13N3O2. The van der Waals surface area contributed by atoms with Crippen molar-refractivity contribution >= 4 is 11.7 Å². The molecule has 1 saturated heterocycles. The van der Waals surface area contributed by atoms with Gasteiger partial charge in [-0.1, -0.05) is 12.1 Å². The Balaban J connectivity index is 2.27. The molecular weight excluding hydrogens is 218 g/mol. The van der Waals surface area contributed by atoms with Crippen molar-refractivity contribution in [1.82, 2.24) is 0 Å². The molecule has 88 valence electrons. The molecule has 0 radical (unpaired) electrons. The summed E-state index contributed by atoms with van der Waals surface area (Å²) >= 11 is 0. The van der Waals surface area contributed by atoms with Crippen LogP contribution in [0.1, 0.15) is 12.0 Å². The van der Waals surface area contributed by atoms with E-state index in [2.05, 4.69) is 6.07 Å². The van der Waals surface area contributed by atoms with E-state index in [9.17, 15) is 4.79 Å². The number of rotatable bonds is 2. The number of nitrogens with two attached hydrogens (primary N) is 1. The molecule has 1 aliphatic heterocycles. The Kier molecular flexibility index (Phi) is 2.74. The minimum Gasteiger partial charge on any atom is -0.480 e. The SMILES string of the molecule is N#Cc1ccccc1N1CCC(N)(C(=O)O)C1. The summed E-state index contributed by atoms with van der Waals surface area (Å²) in [6.45, 7) is 0.794. The molecule has 1 fully saturated rings. The zero-order valence-electron chi connectivity index (χ0n) is 9.26. The topological polar surface area (TPSA) is 90.4 Å². The highest BCUT2D eigenvalue weighted by atomic mass is 16.4. The molecule has 0 aromatic heterocycles. The standard InChI is InChI=1S/C12H13N3O2/c13-7-9-3-1-2-4-10(9)15-6-5-12(14,8-15)11(16)17/h1-4H,5-6,8,14H2,(H,16,17). The quantitative estimate of drug-likeness (QED) is 0.775. The van der Waals surface area contributed by atoms with Gasteiger partial charge in [0.05, 0.1) is 11.3 Å². The first-order valence-corrected chi connectivity index (χ1v) is 5.33. The summed E-state index contributed by atoms with van der Waals surface area (Å²) in [6.07, 6.45) is 0.391. The van der Waals surface area contributed by atoms with Crippen LogP contribution >= 0.6 is 0 Å². The predicted octanol–water partition coefficient (Wildman–Crippen LogP) is 0.550. The molecule has 0 aliphatic carbocycles. The molecule has 1 heterocycles. The van der Waals surface area contributed by atoms with Crippen LogP contribution < -0.4 is 10.6 Å². The smallest absolute Gasteiger partial charge is 0.325 e. The van der Waals surface area contributed by atoms with Crippen LogP contribution in [-0.4, -0.2) is 29.7 Å². The highest BCUT2D eigenvalue weighted by Crippen LogP contribution is 2.27. The van der Waals surface area contributed by atoms with Gasteiger partial charge in [-0.2, -0.15) is 5.26 Å². The molecule has 5 nitrogen and oxygen atoms in total. The molecule has 17 heavy (non-hydrogen) atoms. The molecule has 1 aromatic rings. The van der Waals surface area contributed by atoms with Crippen LogP contribution in [-0.2, 0) is 4.79 Å². The van der Waals surface area contributed by atoms with E-state index < -0.39 is 11.5 Å². The number of anilines is 1. The van der Waals surface area contributed by atoms with Crippen LogP contribution in [0.15, 0.2) is 24.3 Å². The van der Waals surface area contributed by atoms with Gasteiger partial charge in [0.2, 0.25) is 0 Å². The number of nitriles is 1. The van der Waals surface area contributed by atoms with E-state index >= 15 is 0 Å². The molecule has 2 rings (SSSR count). The molecule has 1 aromatic carbocycles. The van der Waals surface area contributed by atoms with Gasteiger partial charge in [0.1, 0.15) is 11.6 Å². The lowest BCUT2D eigenvalue weighted by molar-refractivity contribution is -0.142. The van der Waals surface area contributed by atoms with E-state index in [1.807, 2.05) is 17.0 Å². The van der Waals surface area contributed by atoms with Gasteiger partial charge in [0.25, 0.3) is 0 Å². The fraction of sp³-hybridized carbons (Fsp3) is 0.333. The average Bonchev–Trinajstić information content (AvgIpc) is 2.73. The van der Waals surface area contributed by atoms with Crippen molar-refractivity contribution < 1.29 is 9.90 Å². The van der Waals surface area contributed by atoms with E-state index in [1.165, 1.54) is 0 Å². The van der Waals surface area contributed by atoms with Crippen LogP contribution in [0.5, 0.6) is 0 Å². The molecule has 3 N–H and O–H groups in total. The van der Waals surface area contributed by atoms with Crippen molar-refractivity contribution in [3.8, 4) is 6.07 Å². The molecule has 0 saturated carbocycles. The second-order valence-corrected chi connectivity index (χ2v) is 4.26. The van der Waals surface area contributed by atoms with E-state index in [4.69, 9.17) is 16.1 Å². The number of carboxylic acid groups (broad SMARTS) is 1. The number of nitrogens with zero attached hydrogens (tertiary/aromatic N) is 2. The van der Waals surface area contributed by atoms with Crippen molar-refractivity contribution in [2.45, 2.75) is 12.0 Å². The van der Waals surface area contributed by atoms with Crippen LogP contribution in [0.3, 0.4) is 0 Å². The molecule has 1 atom stereocenters. The highest BCUT2D eigenvalue weighted by Gasteiger charge is 2.41. The third-order valence-electron chi connectivity index (χ3n) is 3.09. The van der Waals surface area contributed by atoms with Crippen LogP contribution in [0.25, 0.3) is 0 Å². The van der Waals surface area contributed by atoms with E-state index in [1.54, 1.807) is 12.1 Å². The minimum atomic E-state index is -1.21. The van der Waals surface area contributed by atoms with Crippen molar-refractivity contribution in [2.75, 3.05) is 18.0 Å². The highest BCUT2D eigenvalue weighted by molar-refractivity contribution is 5.81. The lowest BCUT2D eigenvalue weighted by Crippen LogP contribution is -2.50. The van der Waals surface area contributed by atoms with Crippen molar-refractivity contribution in [3.05, 3.63) is 29.8 Å². The summed E-state index contributed by atoms with van der Waals surface area (Å²) in [7, 11) is 0. The number of carboxylic acids is 1. The largest absolute Gasteiger partial charge is 0.480 e. The zero-order chi connectivity index (χ0) is 12.5. The summed E-state index contributed by atoms with van der Waals surface area (Å²) in [5.74, 6) is -0.991. The van der Waals surface area contributed by atoms with Gasteiger partial charge in [0.15, 0.2) is 0 Å². The normalized spacial score (nSPS) is 23.4. The Labute approximate surface area is 99.1 Å². The summed E-state index contributed by atoms with van der Waals surface area (Å²) in [5, 5.41) is 18.0. The minimum absolute atomic E-state index is 0.237. The number of aliphatic carboxylic acids is 1. The monoisotopic (exact) mass is 231 g/mol. The summed E-state index contributed by atoms with van der Waals surface area (Å²) in [5.41, 5.74) is 5.89. The van der Waals surface area contributed by atoms with E-state index in [0.717, 1.165) is 5.69 Å². The number of hydrogen-bond acceptors (Lipinski definition) is 4. The fourth-order valence-corrected chi connectivity index (χ4v) is 2.06. The first kappa shape index (κ1) is 11.4. The van der Waals surface area contributed by atoms with Gasteiger partial charge in [-0.3, -0.25) is 4.79 Å². The first-order chi connectivity index (χ1) is 8.07. The maximum Gasteiger partial charge on any atom is 0.325 e. The lowest BCUT2D eigenvalue weighted by atomic mass is 10.0. The van der Waals surface area contributed by atoms with Crippen molar-refractivity contribution in [1.29, 1.82) is 5.26 Å². The average molecular weight is 231 g/mol. The fourth-order valence-electron chi connectivity index (χ4n) is 2.06. The third-order valence-corrected chi connectivity index (χ3v) is 3.09. The second kappa shape index (κ2) is 4.07. The Hall–Kier alpha value is -2.06. The van der Waals surface area contributed by atoms with Gasteiger partial charge >= 0.3 is 5.97 Å². The third kappa shape index (κ3) is 1.95. The number of hydrogen-bond donors (Lipinski definition) is 2. The molecule has 0 bridgehead atoms. The van der Waals surface area contributed by atoms with Crippen molar-refractivity contribution in [3.63, 3.8) is 0 Å². The van der Waals surface area contributed by atoms with Gasteiger partial charge in [-0.25, -0.2) is 0 Å². The van der Waals surface area contributed by atoms with Crippen molar-refractivity contribution in [2.24, 2.45) is 5.73 Å². The molecule has 0 spiro atoms. The molecule has 1 unspecified atom stereocenters. The number of benzene rings is 1. The van der Waals surface area contributed by atoms with Crippen LogP contribution in [0.4, 0.5) is 5.69 Å². The Morgan fingerprint density at radius 2 is 2.24 bits per heavy atom. The Bertz CT molecular complexity index is 495. The lowest BCUT2D eigenvalue weighted by Gasteiger charge is -2.22.